The summed E-state index contributed by atoms with van der Waals surface area (Å²) in [5.41, 5.74) is 5.02. The van der Waals surface area contributed by atoms with E-state index in [2.05, 4.69) is 103 Å². The number of anilines is 1. The minimum absolute atomic E-state index is 0.673. The fourth-order valence-corrected chi connectivity index (χ4v) is 8.83. The highest BCUT2D eigenvalue weighted by Gasteiger charge is 2.15. The highest BCUT2D eigenvalue weighted by molar-refractivity contribution is 5.87. The van der Waals surface area contributed by atoms with Crippen LogP contribution in [0.25, 0.3) is 10.8 Å². The summed E-state index contributed by atoms with van der Waals surface area (Å²) in [5, 5.41) is 2.47. The summed E-state index contributed by atoms with van der Waals surface area (Å²) in [7, 11) is 0. The number of ether oxygens (including phenoxy) is 2. The zero-order valence-corrected chi connectivity index (χ0v) is 40.6. The Morgan fingerprint density at radius 2 is 0.797 bits per heavy atom. The SMILES string of the molecule is CCCCCCCCCCCCCCCCOc1cc(C#Cc2ccc3cc(N4CCC4)ccc3c2)c(OCCCCCCCCCCCCCCCC)cc1C#Cc1ccccc1. The van der Waals surface area contributed by atoms with Crippen LogP contribution in [0.5, 0.6) is 11.5 Å². The van der Waals surface area contributed by atoms with E-state index >= 15 is 0 Å². The maximum absolute atomic E-state index is 6.60. The molecule has 0 aliphatic carbocycles. The molecule has 346 valence electrons. The standard InChI is InChI=1S/C61H85NO2/c1-3-5-7-9-11-13-15-17-19-21-23-25-27-32-47-63-60-52-58(42-39-54-38-40-56-50-59(62-45-34-46-62)44-43-55(56)49-54)61(51-57(60)41-37-53-35-30-29-31-36-53)64-48-33-28-26-24-22-20-18-16-14-12-10-8-6-4-2/h29-31,35-36,38,40,43-44,49-52H,3-28,32-34,45-48H2,1-2H3. The third kappa shape index (κ3) is 20.2. The average molecular weight is 864 g/mol. The van der Waals surface area contributed by atoms with Crippen LogP contribution < -0.4 is 14.4 Å². The van der Waals surface area contributed by atoms with Crippen LogP contribution in [-0.2, 0) is 0 Å². The fourth-order valence-electron chi connectivity index (χ4n) is 8.83. The third-order valence-corrected chi connectivity index (χ3v) is 13.1. The van der Waals surface area contributed by atoms with Crippen LogP contribution in [0.15, 0.2) is 78.9 Å². The topological polar surface area (TPSA) is 21.7 Å². The summed E-state index contributed by atoms with van der Waals surface area (Å²) in [4.78, 5) is 2.44. The molecule has 3 nitrogen and oxygen atoms in total. The van der Waals surface area contributed by atoms with E-state index < -0.39 is 0 Å². The number of hydrogen-bond donors (Lipinski definition) is 0. The van der Waals surface area contributed by atoms with Gasteiger partial charge in [0.1, 0.15) is 11.5 Å². The van der Waals surface area contributed by atoms with E-state index in [0.717, 1.165) is 59.7 Å². The number of fused-ring (bicyclic) bond motifs is 1. The molecule has 0 N–H and O–H groups in total. The largest absolute Gasteiger partial charge is 0.492 e. The summed E-state index contributed by atoms with van der Waals surface area (Å²) in [5.74, 6) is 15.5. The van der Waals surface area contributed by atoms with E-state index in [4.69, 9.17) is 9.47 Å². The van der Waals surface area contributed by atoms with Crippen molar-refractivity contribution < 1.29 is 9.47 Å². The molecule has 1 saturated heterocycles. The predicted molar refractivity (Wildman–Crippen MR) is 277 cm³/mol. The Kier molecular flexibility index (Phi) is 25.6. The first kappa shape index (κ1) is 50.7. The van der Waals surface area contributed by atoms with E-state index in [1.807, 2.05) is 18.2 Å². The first-order valence-corrected chi connectivity index (χ1v) is 26.5. The van der Waals surface area contributed by atoms with Crippen LogP contribution >= 0.6 is 0 Å². The van der Waals surface area contributed by atoms with Gasteiger partial charge in [0.05, 0.1) is 24.3 Å². The molecule has 0 spiro atoms. The van der Waals surface area contributed by atoms with Gasteiger partial charge in [-0.05, 0) is 66.4 Å². The Morgan fingerprint density at radius 3 is 1.23 bits per heavy atom. The Labute approximate surface area is 391 Å². The molecular formula is C61H85NO2. The second kappa shape index (κ2) is 32.3. The van der Waals surface area contributed by atoms with Crippen LogP contribution in [0, 0.1) is 23.7 Å². The molecule has 0 atom stereocenters. The summed E-state index contributed by atoms with van der Waals surface area (Å²) in [6.45, 7) is 8.25. The molecule has 0 unspecified atom stereocenters. The molecule has 4 aromatic carbocycles. The van der Waals surface area contributed by atoms with Gasteiger partial charge in [-0.25, -0.2) is 0 Å². The molecule has 4 aromatic rings. The van der Waals surface area contributed by atoms with Crippen LogP contribution in [0.1, 0.15) is 222 Å². The van der Waals surface area contributed by atoms with Crippen molar-refractivity contribution in [3.8, 4) is 35.2 Å². The molecule has 5 rings (SSSR count). The minimum atomic E-state index is 0.673. The van der Waals surface area contributed by atoms with Crippen molar-refractivity contribution in [3.05, 3.63) is 101 Å². The van der Waals surface area contributed by atoms with Crippen LogP contribution in [0.3, 0.4) is 0 Å². The lowest BCUT2D eigenvalue weighted by molar-refractivity contribution is 0.295. The molecule has 3 heteroatoms. The van der Waals surface area contributed by atoms with Gasteiger partial charge in [0.15, 0.2) is 0 Å². The van der Waals surface area contributed by atoms with Crippen molar-refractivity contribution in [3.63, 3.8) is 0 Å². The smallest absolute Gasteiger partial charge is 0.136 e. The van der Waals surface area contributed by atoms with Gasteiger partial charge in [-0.15, -0.1) is 0 Å². The Morgan fingerprint density at radius 1 is 0.391 bits per heavy atom. The lowest BCUT2D eigenvalue weighted by atomic mass is 10.0. The summed E-state index contributed by atoms with van der Waals surface area (Å²) in [6.07, 6.45) is 38.9. The number of unbranched alkanes of at least 4 members (excludes halogenated alkanes) is 26. The van der Waals surface area contributed by atoms with Crippen molar-refractivity contribution in [2.24, 2.45) is 0 Å². The molecule has 0 radical (unpaired) electrons. The van der Waals surface area contributed by atoms with Crippen molar-refractivity contribution in [1.82, 2.24) is 0 Å². The predicted octanol–water partition coefficient (Wildman–Crippen LogP) is 17.6. The van der Waals surface area contributed by atoms with Gasteiger partial charge >= 0.3 is 0 Å². The lowest BCUT2D eigenvalue weighted by Crippen LogP contribution is -2.36. The molecule has 64 heavy (non-hydrogen) atoms. The maximum Gasteiger partial charge on any atom is 0.136 e. The van der Waals surface area contributed by atoms with Gasteiger partial charge in [-0.1, -0.05) is 235 Å². The first-order valence-electron chi connectivity index (χ1n) is 26.5. The monoisotopic (exact) mass is 864 g/mol. The third-order valence-electron chi connectivity index (χ3n) is 13.1. The van der Waals surface area contributed by atoms with E-state index in [9.17, 15) is 0 Å². The second-order valence-corrected chi connectivity index (χ2v) is 18.7. The molecule has 1 heterocycles. The molecular weight excluding hydrogens is 779 g/mol. The van der Waals surface area contributed by atoms with E-state index in [-0.39, 0.29) is 0 Å². The number of benzene rings is 4. The second-order valence-electron chi connectivity index (χ2n) is 18.7. The normalized spacial score (nSPS) is 12.1. The van der Waals surface area contributed by atoms with Gasteiger partial charge in [-0.2, -0.15) is 0 Å². The van der Waals surface area contributed by atoms with E-state index in [1.165, 1.54) is 190 Å². The van der Waals surface area contributed by atoms with Crippen molar-refractivity contribution in [1.29, 1.82) is 0 Å². The highest BCUT2D eigenvalue weighted by atomic mass is 16.5. The van der Waals surface area contributed by atoms with Crippen LogP contribution in [0.4, 0.5) is 5.69 Å². The Hall–Kier alpha value is -4.34. The van der Waals surface area contributed by atoms with Crippen molar-refractivity contribution >= 4 is 16.5 Å². The highest BCUT2D eigenvalue weighted by Crippen LogP contribution is 2.30. The van der Waals surface area contributed by atoms with E-state index in [0.29, 0.717) is 13.2 Å². The first-order chi connectivity index (χ1) is 31.7. The molecule has 0 bridgehead atoms. The molecule has 1 aliphatic heterocycles. The number of rotatable bonds is 33. The quantitative estimate of drug-likeness (QED) is 0.0352. The molecule has 1 fully saturated rings. The van der Waals surface area contributed by atoms with Gasteiger partial charge in [0.25, 0.3) is 0 Å². The van der Waals surface area contributed by atoms with Gasteiger partial charge in [0, 0.05) is 42.0 Å². The van der Waals surface area contributed by atoms with Gasteiger partial charge < -0.3 is 14.4 Å². The fraction of sp³-hybridized carbons (Fsp3) is 0.574. The molecule has 0 saturated carbocycles. The van der Waals surface area contributed by atoms with Crippen molar-refractivity contribution in [2.45, 2.75) is 200 Å². The molecule has 1 aliphatic rings. The Bertz CT molecular complexity index is 1970. The maximum atomic E-state index is 6.60. The van der Waals surface area contributed by atoms with Crippen LogP contribution in [0.2, 0.25) is 0 Å². The van der Waals surface area contributed by atoms with Gasteiger partial charge in [0.2, 0.25) is 0 Å². The minimum Gasteiger partial charge on any atom is -0.492 e. The average Bonchev–Trinajstić information content (AvgIpc) is 3.30. The summed E-state index contributed by atoms with van der Waals surface area (Å²) >= 11 is 0. The van der Waals surface area contributed by atoms with Gasteiger partial charge in [-0.3, -0.25) is 0 Å². The number of hydrogen-bond acceptors (Lipinski definition) is 3. The Balaban J connectivity index is 1.18. The molecule has 0 aromatic heterocycles. The van der Waals surface area contributed by atoms with E-state index in [1.54, 1.807) is 0 Å². The summed E-state index contributed by atoms with van der Waals surface area (Å²) < 4.78 is 13.2. The summed E-state index contributed by atoms with van der Waals surface area (Å²) in [6, 6.07) is 27.8. The molecule has 0 amide bonds. The van der Waals surface area contributed by atoms with Crippen molar-refractivity contribution in [2.75, 3.05) is 31.2 Å². The zero-order valence-electron chi connectivity index (χ0n) is 40.6. The zero-order chi connectivity index (χ0) is 44.5. The lowest BCUT2D eigenvalue weighted by Gasteiger charge is -2.33. The van der Waals surface area contributed by atoms with Crippen LogP contribution in [-0.4, -0.2) is 26.3 Å². The number of nitrogens with zero attached hydrogens (tertiary/aromatic N) is 1.